The van der Waals surface area contributed by atoms with E-state index in [1.165, 1.54) is 6.42 Å². The Bertz CT molecular complexity index is 168. The van der Waals surface area contributed by atoms with Crippen molar-refractivity contribution in [2.75, 3.05) is 7.05 Å². The lowest BCUT2D eigenvalue weighted by Gasteiger charge is -2.02. The summed E-state index contributed by atoms with van der Waals surface area (Å²) in [4.78, 5) is 0. The van der Waals surface area contributed by atoms with Crippen LogP contribution in [-0.4, -0.2) is 17.8 Å². The Morgan fingerprint density at radius 1 is 1.60 bits per heavy atom. The highest BCUT2D eigenvalue weighted by atomic mass is 15.3. The normalized spacial score (nSPS) is 24.0. The fourth-order valence-corrected chi connectivity index (χ4v) is 1.14. The van der Waals surface area contributed by atoms with Gasteiger partial charge in [-0.15, -0.1) is 0 Å². The van der Waals surface area contributed by atoms with Gasteiger partial charge in [0, 0.05) is 6.08 Å². The first-order chi connectivity index (χ1) is 4.68. The highest BCUT2D eigenvalue weighted by molar-refractivity contribution is 4.90. The maximum absolute atomic E-state index is 4.35. The van der Waals surface area contributed by atoms with Gasteiger partial charge in [0.05, 0.1) is 0 Å². The van der Waals surface area contributed by atoms with Gasteiger partial charge in [0.25, 0.3) is 0 Å². The van der Waals surface area contributed by atoms with E-state index in [2.05, 4.69) is 25.0 Å². The van der Waals surface area contributed by atoms with Crippen LogP contribution in [0, 0.1) is 5.92 Å². The first kappa shape index (κ1) is 7.45. The highest BCUT2D eigenvalue weighted by Gasteiger charge is 2.15. The van der Waals surface area contributed by atoms with E-state index in [1.807, 2.05) is 17.9 Å². The Morgan fingerprint density at radius 2 is 2.30 bits per heavy atom. The molecule has 1 heterocycles. The number of hydrogen-bond acceptors (Lipinski definition) is 1. The quantitative estimate of drug-likeness (QED) is 0.520. The molecule has 1 unspecified atom stereocenters. The largest absolute Gasteiger partial charge is 0.193 e. The second-order valence-electron chi connectivity index (χ2n) is 3.23. The molecular formula is C8H15N2+. The predicted molar refractivity (Wildman–Crippen MR) is 41.0 cm³/mol. The van der Waals surface area contributed by atoms with Crippen LogP contribution in [0.4, 0.5) is 0 Å². The molecule has 2 heteroatoms. The summed E-state index contributed by atoms with van der Waals surface area (Å²) in [6, 6.07) is 0.435. The number of hydrogen-bond donors (Lipinski definition) is 0. The van der Waals surface area contributed by atoms with E-state index < -0.39 is 0 Å². The fourth-order valence-electron chi connectivity index (χ4n) is 1.14. The van der Waals surface area contributed by atoms with Crippen LogP contribution in [0.2, 0.25) is 0 Å². The molecule has 0 bridgehead atoms. The second kappa shape index (κ2) is 2.95. The molecule has 1 rings (SSSR count). The number of nitrogens with zero attached hydrogens (tertiary/aromatic N) is 2. The lowest BCUT2D eigenvalue weighted by molar-refractivity contribution is -0.493. The van der Waals surface area contributed by atoms with Gasteiger partial charge in [0.1, 0.15) is 6.04 Å². The zero-order valence-electron chi connectivity index (χ0n) is 6.91. The van der Waals surface area contributed by atoms with E-state index in [0.29, 0.717) is 6.04 Å². The summed E-state index contributed by atoms with van der Waals surface area (Å²) < 4.78 is 1.88. The van der Waals surface area contributed by atoms with Gasteiger partial charge in [-0.1, -0.05) is 18.5 Å². The minimum atomic E-state index is 0.435. The lowest BCUT2D eigenvalue weighted by atomic mass is 10.1. The SMILES string of the molecule is CC(C)CC1C=C[N+](C)=N1. The predicted octanol–water partition coefficient (Wildman–Crippen LogP) is 2.02. The molecule has 0 saturated carbocycles. The summed E-state index contributed by atoms with van der Waals surface area (Å²) in [5.41, 5.74) is 0. The summed E-state index contributed by atoms with van der Waals surface area (Å²) in [6.07, 6.45) is 5.34. The standard InChI is InChI=1S/C8H15N2/c1-7(2)6-8-4-5-10(3)9-8/h4-5,7-8H,6H2,1-3H3/q+1. The topological polar surface area (TPSA) is 15.4 Å². The second-order valence-corrected chi connectivity index (χ2v) is 3.23. The van der Waals surface area contributed by atoms with Crippen molar-refractivity contribution in [2.24, 2.45) is 11.0 Å². The van der Waals surface area contributed by atoms with Crippen molar-refractivity contribution < 1.29 is 4.70 Å². The molecule has 0 spiro atoms. The van der Waals surface area contributed by atoms with Gasteiger partial charge >= 0.3 is 0 Å². The molecule has 0 radical (unpaired) electrons. The van der Waals surface area contributed by atoms with Gasteiger partial charge in [0.2, 0.25) is 0 Å². The Morgan fingerprint density at radius 3 is 2.70 bits per heavy atom. The minimum absolute atomic E-state index is 0.435. The van der Waals surface area contributed by atoms with Crippen LogP contribution in [0.15, 0.2) is 17.4 Å². The molecule has 1 aliphatic rings. The molecule has 0 fully saturated rings. The molecule has 0 aromatic carbocycles. The van der Waals surface area contributed by atoms with Crippen molar-refractivity contribution in [3.05, 3.63) is 12.3 Å². The number of rotatable bonds is 2. The molecule has 0 saturated heterocycles. The van der Waals surface area contributed by atoms with Crippen LogP contribution in [0.1, 0.15) is 20.3 Å². The Labute approximate surface area is 62.3 Å². The van der Waals surface area contributed by atoms with Gasteiger partial charge in [0.15, 0.2) is 13.2 Å². The molecule has 0 aliphatic carbocycles. The maximum Gasteiger partial charge on any atom is 0.193 e. The van der Waals surface area contributed by atoms with Gasteiger partial charge in [-0.05, 0) is 17.5 Å². The molecule has 10 heavy (non-hydrogen) atoms. The molecule has 0 amide bonds. The summed E-state index contributed by atoms with van der Waals surface area (Å²) in [7, 11) is 1.97. The smallest absolute Gasteiger partial charge is 0.0984 e. The van der Waals surface area contributed by atoms with Crippen molar-refractivity contribution in [1.29, 1.82) is 0 Å². The van der Waals surface area contributed by atoms with Crippen molar-refractivity contribution in [3.8, 4) is 0 Å². The highest BCUT2D eigenvalue weighted by Crippen LogP contribution is 2.12. The third-order valence-electron chi connectivity index (χ3n) is 1.57. The average Bonchev–Trinajstić information content (AvgIpc) is 2.13. The monoisotopic (exact) mass is 139 g/mol. The average molecular weight is 139 g/mol. The summed E-state index contributed by atoms with van der Waals surface area (Å²) in [5.74, 6) is 0.741. The van der Waals surface area contributed by atoms with Crippen LogP contribution in [0.25, 0.3) is 0 Å². The molecule has 56 valence electrons. The molecule has 1 aliphatic heterocycles. The molecule has 0 aromatic rings. The van der Waals surface area contributed by atoms with Crippen LogP contribution in [0.5, 0.6) is 0 Å². The maximum atomic E-state index is 4.35. The van der Waals surface area contributed by atoms with E-state index in [0.717, 1.165) is 5.92 Å². The molecule has 1 atom stereocenters. The van der Waals surface area contributed by atoms with Crippen molar-refractivity contribution in [3.63, 3.8) is 0 Å². The summed E-state index contributed by atoms with van der Waals surface area (Å²) >= 11 is 0. The first-order valence-electron chi connectivity index (χ1n) is 3.80. The minimum Gasteiger partial charge on any atom is -0.0984 e. The van der Waals surface area contributed by atoms with E-state index in [4.69, 9.17) is 0 Å². The fraction of sp³-hybridized carbons (Fsp3) is 0.750. The molecule has 0 aromatic heterocycles. The van der Waals surface area contributed by atoms with Crippen molar-refractivity contribution in [1.82, 2.24) is 0 Å². The van der Waals surface area contributed by atoms with E-state index >= 15 is 0 Å². The van der Waals surface area contributed by atoms with E-state index in [9.17, 15) is 0 Å². The van der Waals surface area contributed by atoms with E-state index in [1.54, 1.807) is 0 Å². The number of azo groups is 2. The van der Waals surface area contributed by atoms with Gasteiger partial charge in [-0.3, -0.25) is 0 Å². The molecular weight excluding hydrogens is 124 g/mol. The molecule has 2 nitrogen and oxygen atoms in total. The Hall–Kier alpha value is -0.660. The summed E-state index contributed by atoms with van der Waals surface area (Å²) in [6.45, 7) is 4.45. The zero-order valence-corrected chi connectivity index (χ0v) is 6.91. The first-order valence-corrected chi connectivity index (χ1v) is 3.80. The summed E-state index contributed by atoms with van der Waals surface area (Å²) in [5, 5.41) is 4.35. The van der Waals surface area contributed by atoms with Crippen LogP contribution in [-0.2, 0) is 0 Å². The van der Waals surface area contributed by atoms with Crippen LogP contribution < -0.4 is 0 Å². The van der Waals surface area contributed by atoms with Crippen LogP contribution in [0.3, 0.4) is 0 Å². The van der Waals surface area contributed by atoms with Gasteiger partial charge in [-0.2, -0.15) is 0 Å². The Balaban J connectivity index is 2.40. The lowest BCUT2D eigenvalue weighted by Crippen LogP contribution is -2.02. The van der Waals surface area contributed by atoms with Crippen molar-refractivity contribution >= 4 is 0 Å². The third-order valence-corrected chi connectivity index (χ3v) is 1.57. The third kappa shape index (κ3) is 1.94. The van der Waals surface area contributed by atoms with Crippen molar-refractivity contribution in [2.45, 2.75) is 26.3 Å². The molecule has 0 N–H and O–H groups in total. The van der Waals surface area contributed by atoms with Gasteiger partial charge < -0.3 is 0 Å². The van der Waals surface area contributed by atoms with Gasteiger partial charge in [-0.25, -0.2) is 0 Å². The van der Waals surface area contributed by atoms with Crippen LogP contribution >= 0.6 is 0 Å². The Kier molecular flexibility index (Phi) is 2.20. The zero-order chi connectivity index (χ0) is 7.56. The van der Waals surface area contributed by atoms with E-state index in [-0.39, 0.29) is 0 Å².